The minimum absolute atomic E-state index is 0.0447. The zero-order valence-corrected chi connectivity index (χ0v) is 23.3. The summed E-state index contributed by atoms with van der Waals surface area (Å²) in [5.41, 5.74) is 3.89. The normalized spacial score (nSPS) is 18.5. The predicted octanol–water partition coefficient (Wildman–Crippen LogP) is 5.60. The highest BCUT2D eigenvalue weighted by atomic mass is 32.2. The summed E-state index contributed by atoms with van der Waals surface area (Å²) in [7, 11) is 0. The van der Waals surface area contributed by atoms with E-state index < -0.39 is 6.29 Å². The molecule has 1 aliphatic heterocycles. The zero-order valence-electron chi connectivity index (χ0n) is 22.4. The van der Waals surface area contributed by atoms with Crippen LogP contribution in [0.3, 0.4) is 0 Å². The molecule has 1 fully saturated rings. The Morgan fingerprint density at radius 1 is 0.951 bits per heavy atom. The lowest BCUT2D eigenvalue weighted by Gasteiger charge is -2.36. The van der Waals surface area contributed by atoms with Gasteiger partial charge in [0.2, 0.25) is 0 Å². The molecule has 3 unspecified atom stereocenters. The molecule has 0 aliphatic carbocycles. The highest BCUT2D eigenvalue weighted by molar-refractivity contribution is 7.99. The van der Waals surface area contributed by atoms with E-state index in [0.29, 0.717) is 39.6 Å². The number of ether oxygens (including phenoxy) is 2. The molecule has 41 heavy (non-hydrogen) atoms. The number of hydrogen-bond donors (Lipinski definition) is 2. The number of benzene rings is 3. The summed E-state index contributed by atoms with van der Waals surface area (Å²) in [5.74, 6) is 0.125. The number of pyridine rings is 1. The van der Waals surface area contributed by atoms with E-state index in [4.69, 9.17) is 9.47 Å². The van der Waals surface area contributed by atoms with Crippen molar-refractivity contribution in [3.63, 3.8) is 0 Å². The van der Waals surface area contributed by atoms with Gasteiger partial charge in [0.15, 0.2) is 18.3 Å². The lowest BCUT2D eigenvalue weighted by atomic mass is 10.0. The molecule has 2 N–H and O–H groups in total. The molecule has 1 amide bonds. The quantitative estimate of drug-likeness (QED) is 0.117. The van der Waals surface area contributed by atoms with Crippen LogP contribution in [0.15, 0.2) is 102 Å². The van der Waals surface area contributed by atoms with Crippen LogP contribution in [-0.4, -0.2) is 28.7 Å². The first-order valence-corrected chi connectivity index (χ1v) is 14.2. The summed E-state index contributed by atoms with van der Waals surface area (Å²) >= 11 is 1.42. The van der Waals surface area contributed by atoms with Gasteiger partial charge in [0, 0.05) is 46.7 Å². The van der Waals surface area contributed by atoms with Crippen molar-refractivity contribution in [1.82, 2.24) is 0 Å². The van der Waals surface area contributed by atoms with E-state index in [2.05, 4.69) is 5.32 Å². The van der Waals surface area contributed by atoms with E-state index >= 15 is 0 Å². The lowest BCUT2D eigenvalue weighted by Crippen LogP contribution is -2.32. The Morgan fingerprint density at radius 3 is 2.49 bits per heavy atom. The number of nitrogens with zero attached hydrogens (tertiary/aromatic N) is 1. The summed E-state index contributed by atoms with van der Waals surface area (Å²) in [6, 6.07) is 26.7. The number of ketones is 1. The van der Waals surface area contributed by atoms with Gasteiger partial charge in [-0.05, 0) is 48.4 Å². The first kappa shape index (κ1) is 28.5. The second-order valence-electron chi connectivity index (χ2n) is 9.74. The molecule has 0 saturated carbocycles. The fourth-order valence-corrected chi connectivity index (χ4v) is 5.51. The first-order chi connectivity index (χ1) is 19.9. The van der Waals surface area contributed by atoms with Gasteiger partial charge in [0.1, 0.15) is 0 Å². The number of carbonyl (C=O) groups is 2. The maximum atomic E-state index is 13.1. The molecule has 0 spiro atoms. The van der Waals surface area contributed by atoms with Crippen LogP contribution in [0.1, 0.15) is 63.1 Å². The Bertz CT molecular complexity index is 1530. The number of aromatic nitrogens is 1. The van der Waals surface area contributed by atoms with Crippen LogP contribution < -0.4 is 10.0 Å². The van der Waals surface area contributed by atoms with Gasteiger partial charge in [0.25, 0.3) is 10.9 Å². The summed E-state index contributed by atoms with van der Waals surface area (Å²) in [6.07, 6.45) is 0.748. The topological polar surface area (TPSA) is 112 Å². The third-order valence-electron chi connectivity index (χ3n) is 6.77. The highest BCUT2D eigenvalue weighted by Crippen LogP contribution is 2.39. The Balaban J connectivity index is 1.36. The molecule has 0 bridgehead atoms. The van der Waals surface area contributed by atoms with Crippen molar-refractivity contribution in [3.8, 4) is 0 Å². The second-order valence-corrected chi connectivity index (χ2v) is 10.8. The first-order valence-electron chi connectivity index (χ1n) is 13.2. The molecule has 1 aromatic heterocycles. The summed E-state index contributed by atoms with van der Waals surface area (Å²) < 4.78 is 13.6. The van der Waals surface area contributed by atoms with Crippen molar-refractivity contribution in [2.24, 2.45) is 0 Å². The monoisotopic (exact) mass is 570 g/mol. The van der Waals surface area contributed by atoms with Crippen molar-refractivity contribution in [1.29, 1.82) is 0 Å². The lowest BCUT2D eigenvalue weighted by molar-refractivity contribution is -0.645. The van der Waals surface area contributed by atoms with Gasteiger partial charge in [0.05, 0.1) is 18.8 Å². The van der Waals surface area contributed by atoms with Crippen LogP contribution >= 0.6 is 11.8 Å². The fraction of sp³-hybridized carbons (Fsp3) is 0.219. The molecule has 9 heteroatoms. The minimum atomic E-state index is -0.749. The van der Waals surface area contributed by atoms with Crippen molar-refractivity contribution in [3.05, 3.63) is 130 Å². The van der Waals surface area contributed by atoms with E-state index in [0.717, 1.165) is 15.9 Å². The molecular formula is C32H30N2O6S. The molecule has 0 radical (unpaired) electrons. The van der Waals surface area contributed by atoms with Crippen molar-refractivity contribution >= 4 is 29.1 Å². The molecule has 1 aliphatic rings. The minimum Gasteiger partial charge on any atom is -0.618 e. The van der Waals surface area contributed by atoms with Gasteiger partial charge in [-0.3, -0.25) is 9.59 Å². The molecule has 210 valence electrons. The smallest absolute Gasteiger partial charge is 0.255 e. The molecule has 5 rings (SSSR count). The Kier molecular flexibility index (Phi) is 9.11. The number of nitrogens with one attached hydrogen (secondary N) is 1. The van der Waals surface area contributed by atoms with E-state index in [1.54, 1.807) is 54.6 Å². The van der Waals surface area contributed by atoms with Crippen molar-refractivity contribution < 1.29 is 28.9 Å². The van der Waals surface area contributed by atoms with Crippen LogP contribution in [0.25, 0.3) is 0 Å². The Labute approximate surface area is 242 Å². The number of anilines is 1. The second kappa shape index (κ2) is 13.1. The van der Waals surface area contributed by atoms with Gasteiger partial charge >= 0.3 is 0 Å². The maximum Gasteiger partial charge on any atom is 0.255 e. The van der Waals surface area contributed by atoms with Gasteiger partial charge in [-0.25, -0.2) is 0 Å². The number of aliphatic hydroxyl groups excluding tert-OH is 1. The van der Waals surface area contributed by atoms with Gasteiger partial charge in [-0.2, -0.15) is 4.73 Å². The number of amides is 1. The molecule has 2 heterocycles. The standard InChI is InChI=1S/C32H30N2O6S/c1-21(36)24-6-5-9-27(17-24)33-31(37)25-7-4-8-26(16-25)32-39-28(20-41-30-10-2-3-15-34(30)38)18-29(40-32)23-13-11-22(19-35)12-14-23/h2-17,28-29,32,35H,18-20H2,1H3,(H,33,37). The fourth-order valence-electron chi connectivity index (χ4n) is 4.57. The van der Waals surface area contributed by atoms with Gasteiger partial charge < -0.3 is 25.1 Å². The Morgan fingerprint density at radius 2 is 1.73 bits per heavy atom. The highest BCUT2D eigenvalue weighted by Gasteiger charge is 2.33. The van der Waals surface area contributed by atoms with E-state index in [9.17, 15) is 19.9 Å². The molecule has 3 aromatic carbocycles. The molecule has 1 saturated heterocycles. The van der Waals surface area contributed by atoms with Crippen LogP contribution in [-0.2, 0) is 16.1 Å². The third-order valence-corrected chi connectivity index (χ3v) is 7.92. The van der Waals surface area contributed by atoms with E-state index in [1.807, 2.05) is 36.4 Å². The number of hydrogen-bond acceptors (Lipinski definition) is 7. The molecule has 4 aromatic rings. The van der Waals surface area contributed by atoms with E-state index in [1.165, 1.54) is 24.9 Å². The van der Waals surface area contributed by atoms with Crippen LogP contribution in [0.2, 0.25) is 0 Å². The van der Waals surface area contributed by atoms with Crippen LogP contribution in [0.4, 0.5) is 5.69 Å². The SMILES string of the molecule is CC(=O)c1cccc(NC(=O)c2cccc(C3OC(CSc4cccc[n+]4[O-])CC(c4ccc(CO)cc4)O3)c2)c1. The summed E-state index contributed by atoms with van der Waals surface area (Å²) in [6.45, 7) is 1.43. The summed E-state index contributed by atoms with van der Waals surface area (Å²) in [5, 5.41) is 25.0. The van der Waals surface area contributed by atoms with Crippen LogP contribution in [0.5, 0.6) is 0 Å². The average molecular weight is 571 g/mol. The number of thioether (sulfide) groups is 1. The molecular weight excluding hydrogens is 540 g/mol. The van der Waals surface area contributed by atoms with Gasteiger partial charge in [-0.15, -0.1) is 0 Å². The van der Waals surface area contributed by atoms with Crippen molar-refractivity contribution in [2.75, 3.05) is 11.1 Å². The zero-order chi connectivity index (χ0) is 28.8. The molecule has 3 atom stereocenters. The predicted molar refractivity (Wildman–Crippen MR) is 155 cm³/mol. The number of aliphatic hydroxyl groups is 1. The van der Waals surface area contributed by atoms with Crippen LogP contribution in [0, 0.1) is 5.21 Å². The number of Topliss-reactive ketones (excluding diaryl/α,β-unsaturated/α-hetero) is 1. The Hall–Kier alpha value is -4.02. The average Bonchev–Trinajstić information content (AvgIpc) is 3.00. The van der Waals surface area contributed by atoms with Gasteiger partial charge in [-0.1, -0.05) is 60.3 Å². The number of carbonyl (C=O) groups excluding carboxylic acids is 2. The maximum absolute atomic E-state index is 13.1. The largest absolute Gasteiger partial charge is 0.618 e. The molecule has 8 nitrogen and oxygen atoms in total. The van der Waals surface area contributed by atoms with Crippen molar-refractivity contribution in [2.45, 2.75) is 43.5 Å². The number of rotatable bonds is 9. The summed E-state index contributed by atoms with van der Waals surface area (Å²) in [4.78, 5) is 24.8. The van der Waals surface area contributed by atoms with E-state index in [-0.39, 0.29) is 30.5 Å². The third kappa shape index (κ3) is 7.20.